The van der Waals surface area contributed by atoms with Gasteiger partial charge in [-0.25, -0.2) is 0 Å². The predicted octanol–water partition coefficient (Wildman–Crippen LogP) is 6.78. The summed E-state index contributed by atoms with van der Waals surface area (Å²) in [6, 6.07) is 16.9. The summed E-state index contributed by atoms with van der Waals surface area (Å²) in [5.41, 5.74) is 13.5. The molecule has 2 rings (SSSR count). The van der Waals surface area contributed by atoms with Crippen LogP contribution in [0.25, 0.3) is 0 Å². The fraction of sp³-hybridized carbons (Fsp3) is 0.400. The summed E-state index contributed by atoms with van der Waals surface area (Å²) in [4.78, 5) is 2.78. The van der Waals surface area contributed by atoms with E-state index in [2.05, 4.69) is 56.0 Å². The van der Waals surface area contributed by atoms with Gasteiger partial charge in [-0.1, -0.05) is 0 Å². The van der Waals surface area contributed by atoms with Gasteiger partial charge in [0.05, 0.1) is 0 Å². The predicted molar refractivity (Wildman–Crippen MR) is 119 cm³/mol. The molecule has 0 saturated carbocycles. The molecule has 0 atom stereocenters. The van der Waals surface area contributed by atoms with Gasteiger partial charge in [-0.3, -0.25) is 0 Å². The molecule has 2 aromatic rings. The van der Waals surface area contributed by atoms with E-state index in [0.717, 1.165) is 11.4 Å². The summed E-state index contributed by atoms with van der Waals surface area (Å²) < 4.78 is 2.82. The van der Waals surface area contributed by atoms with E-state index in [1.54, 1.807) is 0 Å². The van der Waals surface area contributed by atoms with Crippen LogP contribution < -0.4 is 11.5 Å². The molecule has 25 heavy (non-hydrogen) atoms. The second kappa shape index (κ2) is 10.6. The van der Waals surface area contributed by atoms with E-state index in [-0.39, 0.29) is 0 Å². The zero-order valence-electron chi connectivity index (χ0n) is 15.3. The zero-order chi connectivity index (χ0) is 18.1. The van der Waals surface area contributed by atoms with E-state index >= 15 is 0 Å². The van der Waals surface area contributed by atoms with Gasteiger partial charge in [-0.15, -0.1) is 0 Å². The number of nitrogen functional groups attached to an aromatic ring is 2. The van der Waals surface area contributed by atoms with Gasteiger partial charge in [0.1, 0.15) is 0 Å². The number of unbranched alkanes of at least 4 members (excludes halogenated alkanes) is 2. The number of benzene rings is 2. The van der Waals surface area contributed by atoms with Crippen molar-refractivity contribution in [1.29, 1.82) is 0 Å². The van der Waals surface area contributed by atoms with Gasteiger partial charge in [-0.2, -0.15) is 0 Å². The molecule has 0 radical (unpaired) electrons. The molecule has 0 heterocycles. The number of hydrogen-bond acceptors (Lipinski definition) is 4. The number of nitrogens with two attached hydrogens (primary N) is 2. The molecular formula is C20H30N2S2Sn. The fourth-order valence-corrected chi connectivity index (χ4v) is 32.5. The Morgan fingerprint density at radius 2 is 1.04 bits per heavy atom. The third-order valence-corrected chi connectivity index (χ3v) is 31.6. The molecule has 0 aliphatic carbocycles. The number of rotatable bonds is 10. The first-order valence-electron chi connectivity index (χ1n) is 9.16. The molecule has 5 heteroatoms. The van der Waals surface area contributed by atoms with Crippen LogP contribution in [0.1, 0.15) is 39.5 Å². The van der Waals surface area contributed by atoms with Crippen molar-refractivity contribution >= 4 is 44.9 Å². The molecule has 0 amide bonds. The summed E-state index contributed by atoms with van der Waals surface area (Å²) in [7, 11) is 4.42. The van der Waals surface area contributed by atoms with Crippen molar-refractivity contribution in [3.63, 3.8) is 0 Å². The third-order valence-electron chi connectivity index (χ3n) is 4.19. The first-order valence-corrected chi connectivity index (χ1v) is 21.8. The number of anilines is 2. The Morgan fingerprint density at radius 1 is 0.680 bits per heavy atom. The van der Waals surface area contributed by atoms with Crippen LogP contribution in [0.5, 0.6) is 0 Å². The van der Waals surface area contributed by atoms with Crippen LogP contribution in [0.3, 0.4) is 0 Å². The zero-order valence-corrected chi connectivity index (χ0v) is 19.8. The Bertz CT molecular complexity index is 572. The van der Waals surface area contributed by atoms with Crippen molar-refractivity contribution in [3.8, 4) is 0 Å². The van der Waals surface area contributed by atoms with E-state index < -0.39 is 15.6 Å². The van der Waals surface area contributed by atoms with E-state index in [1.807, 2.05) is 24.3 Å². The average molecular weight is 481 g/mol. The topological polar surface area (TPSA) is 52.0 Å². The van der Waals surface area contributed by atoms with Gasteiger partial charge in [0.15, 0.2) is 0 Å². The van der Waals surface area contributed by atoms with Gasteiger partial charge >= 0.3 is 163 Å². The molecule has 0 aromatic heterocycles. The van der Waals surface area contributed by atoms with Crippen molar-refractivity contribution in [2.75, 3.05) is 11.5 Å². The molecule has 2 aromatic carbocycles. The van der Waals surface area contributed by atoms with Crippen LogP contribution in [0, 0.1) is 0 Å². The number of hydrogen-bond donors (Lipinski definition) is 2. The summed E-state index contributed by atoms with van der Waals surface area (Å²) in [6.45, 7) is 4.61. The monoisotopic (exact) mass is 482 g/mol. The Kier molecular flexibility index (Phi) is 8.86. The average Bonchev–Trinajstić information content (AvgIpc) is 2.62. The van der Waals surface area contributed by atoms with E-state index in [1.165, 1.54) is 44.3 Å². The maximum atomic E-state index is 5.88. The van der Waals surface area contributed by atoms with E-state index in [4.69, 9.17) is 11.5 Å². The molecular weight excluding hydrogens is 451 g/mol. The van der Waals surface area contributed by atoms with E-state index in [0.29, 0.717) is 0 Å². The second-order valence-corrected chi connectivity index (χ2v) is 31.6. The van der Waals surface area contributed by atoms with E-state index in [9.17, 15) is 0 Å². The van der Waals surface area contributed by atoms with Gasteiger partial charge in [0.25, 0.3) is 0 Å². The first kappa shape index (κ1) is 20.8. The fourth-order valence-electron chi connectivity index (χ4n) is 2.74. The van der Waals surface area contributed by atoms with Gasteiger partial charge in [-0.05, 0) is 0 Å². The summed E-state index contributed by atoms with van der Waals surface area (Å²) in [5, 5.41) is 0. The van der Waals surface area contributed by atoms with Crippen molar-refractivity contribution in [2.24, 2.45) is 0 Å². The van der Waals surface area contributed by atoms with Crippen molar-refractivity contribution in [2.45, 2.75) is 58.2 Å². The molecule has 4 N–H and O–H groups in total. The van der Waals surface area contributed by atoms with Crippen LogP contribution in [-0.4, -0.2) is 15.6 Å². The summed E-state index contributed by atoms with van der Waals surface area (Å²) in [5.74, 6) is 0. The molecule has 2 nitrogen and oxygen atoms in total. The Labute approximate surface area is 162 Å². The molecule has 0 fully saturated rings. The minimum absolute atomic E-state index is 0.846. The second-order valence-electron chi connectivity index (χ2n) is 6.46. The minimum atomic E-state index is -2.50. The first-order chi connectivity index (χ1) is 12.1. The molecule has 0 aliphatic heterocycles. The molecule has 0 spiro atoms. The van der Waals surface area contributed by atoms with Gasteiger partial charge in [0, 0.05) is 0 Å². The SMILES string of the molecule is CCC[CH2][Sn]([CH2]CCC)([S]c1ccc(N)cc1)[S]c1ccc(N)cc1. The summed E-state index contributed by atoms with van der Waals surface area (Å²) >= 11 is -2.50. The molecule has 0 saturated heterocycles. The molecule has 0 bridgehead atoms. The Morgan fingerprint density at radius 3 is 1.36 bits per heavy atom. The Hall–Kier alpha value is -0.461. The van der Waals surface area contributed by atoms with Crippen LogP contribution >= 0.6 is 17.9 Å². The standard InChI is InChI=1S/2C6H7NS.2C4H9.Sn/c2*7-5-1-3-6(8)4-2-5;2*1-3-4-2;/h2*1-4,8H,7H2;2*1,3-4H2,2H3;/q;;;;+2/p-2. The molecule has 136 valence electrons. The Balaban J connectivity index is 2.27. The third kappa shape index (κ3) is 6.99. The van der Waals surface area contributed by atoms with Crippen LogP contribution in [0.2, 0.25) is 8.87 Å². The van der Waals surface area contributed by atoms with Gasteiger partial charge < -0.3 is 0 Å². The summed E-state index contributed by atoms with van der Waals surface area (Å²) in [6.07, 6.45) is 5.22. The molecule has 0 unspecified atom stereocenters. The molecule has 0 aliphatic rings. The van der Waals surface area contributed by atoms with Crippen LogP contribution in [0.4, 0.5) is 11.4 Å². The van der Waals surface area contributed by atoms with Crippen molar-refractivity contribution in [1.82, 2.24) is 0 Å². The maximum absolute atomic E-state index is 5.88. The normalized spacial score (nSPS) is 11.6. The van der Waals surface area contributed by atoms with Crippen molar-refractivity contribution < 1.29 is 0 Å². The van der Waals surface area contributed by atoms with Crippen molar-refractivity contribution in [3.05, 3.63) is 48.5 Å². The quantitative estimate of drug-likeness (QED) is 0.290. The van der Waals surface area contributed by atoms with Crippen LogP contribution in [0.15, 0.2) is 58.3 Å². The van der Waals surface area contributed by atoms with Crippen LogP contribution in [-0.2, 0) is 0 Å². The van der Waals surface area contributed by atoms with Gasteiger partial charge in [0.2, 0.25) is 0 Å².